The second-order valence-electron chi connectivity index (χ2n) is 2.99. The van der Waals surface area contributed by atoms with Crippen LogP contribution in [0.1, 0.15) is 5.76 Å². The molecule has 1 aromatic heterocycles. The summed E-state index contributed by atoms with van der Waals surface area (Å²) >= 11 is 0. The molecule has 1 N–H and O–H groups in total. The van der Waals surface area contributed by atoms with E-state index < -0.39 is 6.29 Å². The largest absolute Gasteiger partial charge is 0.465 e. The lowest BCUT2D eigenvalue weighted by molar-refractivity contribution is -0.123. The Morgan fingerprint density at radius 3 is 2.88 bits per heavy atom. The minimum atomic E-state index is -0.430. The summed E-state index contributed by atoms with van der Waals surface area (Å²) in [5.41, 5.74) is 0. The van der Waals surface area contributed by atoms with Crippen molar-refractivity contribution in [2.75, 3.05) is 20.8 Å². The van der Waals surface area contributed by atoms with Crippen LogP contribution in [0.2, 0.25) is 0 Å². The highest BCUT2D eigenvalue weighted by atomic mass is 16.7. The zero-order valence-corrected chi connectivity index (χ0v) is 9.30. The van der Waals surface area contributed by atoms with Crippen LogP contribution in [-0.4, -0.2) is 33.0 Å². The van der Waals surface area contributed by atoms with Crippen LogP contribution in [0.3, 0.4) is 0 Å². The number of nitrogens with one attached hydrogen (secondary N) is 1. The van der Waals surface area contributed by atoms with Crippen LogP contribution in [0, 0.1) is 0 Å². The van der Waals surface area contributed by atoms with Gasteiger partial charge in [0.05, 0.1) is 12.8 Å². The van der Waals surface area contributed by atoms with Crippen molar-refractivity contribution in [1.82, 2.24) is 5.32 Å². The first-order valence-electron chi connectivity index (χ1n) is 4.81. The maximum absolute atomic E-state index is 11.3. The molecule has 0 fully saturated rings. The Morgan fingerprint density at radius 2 is 2.31 bits per heavy atom. The fourth-order valence-corrected chi connectivity index (χ4v) is 1.05. The molecule has 0 aromatic carbocycles. The number of hydrogen-bond acceptors (Lipinski definition) is 4. The summed E-state index contributed by atoms with van der Waals surface area (Å²) in [5.74, 6) is 0.403. The van der Waals surface area contributed by atoms with Gasteiger partial charge in [0, 0.05) is 20.3 Å². The summed E-state index contributed by atoms with van der Waals surface area (Å²) in [6.07, 6.45) is 4.09. The van der Waals surface area contributed by atoms with Crippen molar-refractivity contribution in [2.24, 2.45) is 0 Å². The van der Waals surface area contributed by atoms with Gasteiger partial charge in [-0.05, 0) is 18.2 Å². The number of amides is 1. The minimum Gasteiger partial charge on any atom is -0.465 e. The number of methoxy groups -OCH3 is 2. The summed E-state index contributed by atoms with van der Waals surface area (Å²) in [7, 11) is 3.03. The lowest BCUT2D eigenvalue weighted by atomic mass is 10.4. The van der Waals surface area contributed by atoms with E-state index in [0.717, 1.165) is 0 Å². The van der Waals surface area contributed by atoms with E-state index in [1.165, 1.54) is 20.3 Å². The van der Waals surface area contributed by atoms with E-state index in [9.17, 15) is 4.79 Å². The molecule has 1 heterocycles. The number of hydrogen-bond donors (Lipinski definition) is 1. The highest BCUT2D eigenvalue weighted by Gasteiger charge is 2.05. The van der Waals surface area contributed by atoms with Crippen LogP contribution >= 0.6 is 0 Å². The number of carbonyl (C=O) groups is 1. The van der Waals surface area contributed by atoms with Crippen LogP contribution in [-0.2, 0) is 14.3 Å². The minimum absolute atomic E-state index is 0.226. The Bertz CT molecular complexity index is 328. The summed E-state index contributed by atoms with van der Waals surface area (Å²) < 4.78 is 14.9. The molecular formula is C11H15NO4. The first kappa shape index (κ1) is 12.5. The van der Waals surface area contributed by atoms with Gasteiger partial charge in [0.2, 0.25) is 5.91 Å². The molecule has 0 unspecified atom stereocenters. The second kappa shape index (κ2) is 6.81. The first-order valence-corrected chi connectivity index (χ1v) is 4.81. The molecule has 0 saturated carbocycles. The van der Waals surface area contributed by atoms with Gasteiger partial charge >= 0.3 is 0 Å². The predicted molar refractivity (Wildman–Crippen MR) is 58.6 cm³/mol. The van der Waals surface area contributed by atoms with Crippen molar-refractivity contribution in [1.29, 1.82) is 0 Å². The van der Waals surface area contributed by atoms with Gasteiger partial charge in [-0.3, -0.25) is 4.79 Å². The molecule has 0 aliphatic rings. The number of ether oxygens (including phenoxy) is 2. The molecule has 88 valence electrons. The molecule has 0 spiro atoms. The monoisotopic (exact) mass is 225 g/mol. The van der Waals surface area contributed by atoms with Gasteiger partial charge in [-0.2, -0.15) is 0 Å². The van der Waals surface area contributed by atoms with Crippen molar-refractivity contribution in [2.45, 2.75) is 6.29 Å². The van der Waals surface area contributed by atoms with Crippen LogP contribution in [0.5, 0.6) is 0 Å². The van der Waals surface area contributed by atoms with Crippen LogP contribution in [0.4, 0.5) is 0 Å². The van der Waals surface area contributed by atoms with Crippen molar-refractivity contribution < 1.29 is 18.7 Å². The van der Waals surface area contributed by atoms with E-state index in [0.29, 0.717) is 12.3 Å². The quantitative estimate of drug-likeness (QED) is 0.580. The Balaban J connectivity index is 2.31. The number of furan rings is 1. The number of rotatable bonds is 6. The molecule has 16 heavy (non-hydrogen) atoms. The fourth-order valence-electron chi connectivity index (χ4n) is 1.05. The van der Waals surface area contributed by atoms with Gasteiger partial charge in [0.25, 0.3) is 0 Å². The van der Waals surface area contributed by atoms with Gasteiger partial charge < -0.3 is 19.2 Å². The molecule has 1 rings (SSSR count). The standard InChI is InChI=1S/C11H15NO4/c1-14-11(15-2)8-12-10(13)6-5-9-4-3-7-16-9/h3-7,11H,8H2,1-2H3,(H,12,13)/b6-5+. The normalized spacial score (nSPS) is 11.2. The van der Waals surface area contributed by atoms with Crippen molar-refractivity contribution in [3.63, 3.8) is 0 Å². The van der Waals surface area contributed by atoms with E-state index in [2.05, 4.69) is 5.32 Å². The molecule has 0 radical (unpaired) electrons. The fraction of sp³-hybridized carbons (Fsp3) is 0.364. The highest BCUT2D eigenvalue weighted by Crippen LogP contribution is 2.01. The molecule has 5 heteroatoms. The third-order valence-electron chi connectivity index (χ3n) is 1.91. The van der Waals surface area contributed by atoms with Crippen LogP contribution < -0.4 is 5.32 Å². The summed E-state index contributed by atoms with van der Waals surface area (Å²) in [4.78, 5) is 11.3. The van der Waals surface area contributed by atoms with E-state index in [1.807, 2.05) is 0 Å². The lowest BCUT2D eigenvalue weighted by Gasteiger charge is -2.12. The Hall–Kier alpha value is -1.59. The Kier molecular flexibility index (Phi) is 5.31. The molecule has 1 amide bonds. The third kappa shape index (κ3) is 4.29. The van der Waals surface area contributed by atoms with Gasteiger partial charge in [-0.1, -0.05) is 0 Å². The molecule has 0 atom stereocenters. The zero-order valence-electron chi connectivity index (χ0n) is 9.30. The molecule has 0 aliphatic carbocycles. The topological polar surface area (TPSA) is 60.7 Å². The average molecular weight is 225 g/mol. The lowest BCUT2D eigenvalue weighted by Crippen LogP contribution is -2.33. The zero-order chi connectivity index (χ0) is 11.8. The molecular weight excluding hydrogens is 210 g/mol. The van der Waals surface area contributed by atoms with Crippen LogP contribution in [0.25, 0.3) is 6.08 Å². The molecule has 0 aliphatic heterocycles. The van der Waals surface area contributed by atoms with Crippen LogP contribution in [0.15, 0.2) is 28.9 Å². The first-order chi connectivity index (χ1) is 7.76. The molecule has 0 saturated heterocycles. The van der Waals surface area contributed by atoms with Crippen molar-refractivity contribution in [3.8, 4) is 0 Å². The van der Waals surface area contributed by atoms with E-state index in [4.69, 9.17) is 13.9 Å². The van der Waals surface area contributed by atoms with Gasteiger partial charge in [0.15, 0.2) is 6.29 Å². The van der Waals surface area contributed by atoms with Gasteiger partial charge in [0.1, 0.15) is 5.76 Å². The maximum Gasteiger partial charge on any atom is 0.244 e. The Morgan fingerprint density at radius 1 is 1.56 bits per heavy atom. The highest BCUT2D eigenvalue weighted by molar-refractivity contribution is 5.91. The Labute approximate surface area is 94.0 Å². The van der Waals surface area contributed by atoms with Gasteiger partial charge in [-0.15, -0.1) is 0 Å². The van der Waals surface area contributed by atoms with E-state index in [-0.39, 0.29) is 5.91 Å². The van der Waals surface area contributed by atoms with Gasteiger partial charge in [-0.25, -0.2) is 0 Å². The third-order valence-corrected chi connectivity index (χ3v) is 1.91. The smallest absolute Gasteiger partial charge is 0.244 e. The SMILES string of the molecule is COC(CNC(=O)/C=C/c1ccco1)OC. The van der Waals surface area contributed by atoms with Crippen molar-refractivity contribution >= 4 is 12.0 Å². The van der Waals surface area contributed by atoms with E-state index in [1.54, 1.807) is 24.5 Å². The number of carbonyl (C=O) groups excluding carboxylic acids is 1. The van der Waals surface area contributed by atoms with Crippen molar-refractivity contribution in [3.05, 3.63) is 30.2 Å². The average Bonchev–Trinajstić information content (AvgIpc) is 2.80. The summed E-state index contributed by atoms with van der Waals surface area (Å²) in [6, 6.07) is 3.51. The second-order valence-corrected chi connectivity index (χ2v) is 2.99. The molecule has 5 nitrogen and oxygen atoms in total. The molecule has 1 aromatic rings. The summed E-state index contributed by atoms with van der Waals surface area (Å²) in [5, 5.41) is 2.63. The van der Waals surface area contributed by atoms with E-state index >= 15 is 0 Å². The molecule has 0 bridgehead atoms. The predicted octanol–water partition coefficient (Wildman–Crippen LogP) is 1.03. The maximum atomic E-state index is 11.3. The summed E-state index contributed by atoms with van der Waals surface area (Å²) in [6.45, 7) is 0.300.